The summed E-state index contributed by atoms with van der Waals surface area (Å²) in [5.41, 5.74) is 0. The molecule has 2 aromatic rings. The van der Waals surface area contributed by atoms with Crippen LogP contribution in [0.25, 0.3) is 0 Å². The second-order valence-electron chi connectivity index (χ2n) is 7.31. The molecule has 8 heteroatoms. The Morgan fingerprint density at radius 1 is 1.04 bits per heavy atom. The first-order chi connectivity index (χ1) is 13.5. The van der Waals surface area contributed by atoms with Crippen LogP contribution in [-0.4, -0.2) is 43.2 Å². The molecule has 4 rings (SSSR count). The molecule has 2 fully saturated rings. The summed E-state index contributed by atoms with van der Waals surface area (Å²) in [4.78, 5) is 16.0. The Kier molecular flexibility index (Phi) is 5.53. The van der Waals surface area contributed by atoms with Gasteiger partial charge in [0.25, 0.3) is 0 Å². The van der Waals surface area contributed by atoms with Crippen LogP contribution in [0.5, 0.6) is 0 Å². The molecule has 1 aromatic heterocycles. The first kappa shape index (κ1) is 19.5. The predicted molar refractivity (Wildman–Crippen MR) is 106 cm³/mol. The molecule has 28 heavy (non-hydrogen) atoms. The van der Waals surface area contributed by atoms with Gasteiger partial charge in [-0.05, 0) is 49.3 Å². The van der Waals surface area contributed by atoms with Gasteiger partial charge in [-0.2, -0.15) is 4.31 Å². The lowest BCUT2D eigenvalue weighted by Gasteiger charge is -2.34. The fraction of sp³-hybridized carbons (Fsp3) is 0.450. The van der Waals surface area contributed by atoms with E-state index in [4.69, 9.17) is 0 Å². The summed E-state index contributed by atoms with van der Waals surface area (Å²) in [5, 5.41) is 2.03. The van der Waals surface area contributed by atoms with E-state index in [0.29, 0.717) is 12.8 Å². The van der Waals surface area contributed by atoms with Crippen molar-refractivity contribution < 1.29 is 17.6 Å². The summed E-state index contributed by atoms with van der Waals surface area (Å²) in [6.45, 7) is 1.24. The van der Waals surface area contributed by atoms with E-state index in [1.54, 1.807) is 11.3 Å². The van der Waals surface area contributed by atoms with E-state index in [1.165, 1.54) is 27.4 Å². The molecule has 150 valence electrons. The molecule has 2 saturated heterocycles. The van der Waals surface area contributed by atoms with E-state index in [0.717, 1.165) is 25.5 Å². The fourth-order valence-corrected chi connectivity index (χ4v) is 6.59. The summed E-state index contributed by atoms with van der Waals surface area (Å²) < 4.78 is 40.7. The lowest BCUT2D eigenvalue weighted by Crippen LogP contribution is -2.44. The summed E-state index contributed by atoms with van der Waals surface area (Å²) in [6.07, 6.45) is 2.92. The number of sulfonamides is 1. The fourth-order valence-electron chi connectivity index (χ4n) is 4.18. The maximum Gasteiger partial charge on any atom is 0.245 e. The Morgan fingerprint density at radius 3 is 2.46 bits per heavy atom. The first-order valence-corrected chi connectivity index (χ1v) is 11.9. The van der Waals surface area contributed by atoms with Gasteiger partial charge in [-0.15, -0.1) is 11.3 Å². The van der Waals surface area contributed by atoms with Gasteiger partial charge in [0, 0.05) is 30.4 Å². The van der Waals surface area contributed by atoms with Crippen LogP contribution in [0.3, 0.4) is 0 Å². The highest BCUT2D eigenvalue weighted by atomic mass is 32.2. The second kappa shape index (κ2) is 7.93. The number of carbonyl (C=O) groups is 1. The van der Waals surface area contributed by atoms with Crippen molar-refractivity contribution in [2.75, 3.05) is 19.6 Å². The molecule has 3 heterocycles. The minimum Gasteiger partial charge on any atom is -0.335 e. The second-order valence-corrected chi connectivity index (χ2v) is 10.2. The van der Waals surface area contributed by atoms with E-state index >= 15 is 0 Å². The largest absolute Gasteiger partial charge is 0.335 e. The Balaban J connectivity index is 1.43. The summed E-state index contributed by atoms with van der Waals surface area (Å²) in [6, 6.07) is 9.66. The summed E-state index contributed by atoms with van der Waals surface area (Å²) in [5.74, 6) is -0.789. The highest BCUT2D eigenvalue weighted by Gasteiger charge is 2.38. The lowest BCUT2D eigenvalue weighted by molar-refractivity contribution is -0.137. The number of benzene rings is 1. The van der Waals surface area contributed by atoms with E-state index in [-0.39, 0.29) is 35.9 Å². The molecule has 2 aliphatic rings. The molecule has 1 unspecified atom stereocenters. The number of nitrogens with zero attached hydrogens (tertiary/aromatic N) is 2. The number of likely N-dealkylation sites (tertiary alicyclic amines) is 1. The molecule has 0 radical (unpaired) electrons. The number of hydrogen-bond acceptors (Lipinski definition) is 4. The molecule has 0 N–H and O–H groups in total. The minimum atomic E-state index is -3.87. The molecule has 1 atom stereocenters. The van der Waals surface area contributed by atoms with Crippen LogP contribution < -0.4 is 0 Å². The van der Waals surface area contributed by atoms with Crippen molar-refractivity contribution in [2.24, 2.45) is 5.92 Å². The van der Waals surface area contributed by atoms with Gasteiger partial charge in [0.1, 0.15) is 10.7 Å². The van der Waals surface area contributed by atoms with Crippen molar-refractivity contribution in [1.82, 2.24) is 9.21 Å². The zero-order chi connectivity index (χ0) is 19.7. The normalized spacial score (nSPS) is 21.9. The van der Waals surface area contributed by atoms with Crippen LogP contribution in [-0.2, 0) is 14.8 Å². The monoisotopic (exact) mass is 422 g/mol. The highest BCUT2D eigenvalue weighted by Crippen LogP contribution is 2.37. The quantitative estimate of drug-likeness (QED) is 0.756. The van der Waals surface area contributed by atoms with Gasteiger partial charge in [-0.1, -0.05) is 18.2 Å². The standard InChI is InChI=1S/C20H23FN2O3S2/c21-16-5-1-2-8-19(16)28(25,26)22-12-9-15(10-13-22)20(24)23-11-3-6-17(23)18-7-4-14-27-18/h1-2,4-5,7-8,14-15,17H,3,6,9-13H2. The molecule has 1 aromatic carbocycles. The van der Waals surface area contributed by atoms with E-state index in [9.17, 15) is 17.6 Å². The van der Waals surface area contributed by atoms with Crippen LogP contribution >= 0.6 is 11.3 Å². The first-order valence-electron chi connectivity index (χ1n) is 9.57. The average molecular weight is 423 g/mol. The summed E-state index contributed by atoms with van der Waals surface area (Å²) in [7, 11) is -3.87. The van der Waals surface area contributed by atoms with Crippen LogP contribution in [0.4, 0.5) is 4.39 Å². The van der Waals surface area contributed by atoms with Gasteiger partial charge in [0.15, 0.2) is 0 Å². The summed E-state index contributed by atoms with van der Waals surface area (Å²) >= 11 is 1.67. The predicted octanol–water partition coefficient (Wildman–Crippen LogP) is 3.65. The molecular formula is C20H23FN2O3S2. The van der Waals surface area contributed by atoms with Gasteiger partial charge in [-0.3, -0.25) is 4.79 Å². The molecule has 0 spiro atoms. The third-order valence-electron chi connectivity index (χ3n) is 5.67. The number of carbonyl (C=O) groups excluding carboxylic acids is 1. The maximum atomic E-state index is 14.0. The third kappa shape index (κ3) is 3.60. The lowest BCUT2D eigenvalue weighted by atomic mass is 9.96. The van der Waals surface area contributed by atoms with E-state index in [1.807, 2.05) is 16.3 Å². The molecular weight excluding hydrogens is 399 g/mol. The highest BCUT2D eigenvalue weighted by molar-refractivity contribution is 7.89. The molecule has 5 nitrogen and oxygen atoms in total. The molecule has 1 amide bonds. The Labute approximate surface area is 168 Å². The number of piperidine rings is 1. The smallest absolute Gasteiger partial charge is 0.245 e. The molecule has 0 bridgehead atoms. The van der Waals surface area contributed by atoms with Crippen LogP contribution in [0.1, 0.15) is 36.6 Å². The topological polar surface area (TPSA) is 57.7 Å². The molecule has 0 saturated carbocycles. The SMILES string of the molecule is O=C(C1CCN(S(=O)(=O)c2ccccc2F)CC1)N1CCCC1c1cccs1. The Hall–Kier alpha value is -1.77. The zero-order valence-corrected chi connectivity index (χ0v) is 17.1. The van der Waals surface area contributed by atoms with Gasteiger partial charge in [0.05, 0.1) is 6.04 Å². The van der Waals surface area contributed by atoms with Crippen molar-refractivity contribution >= 4 is 27.3 Å². The van der Waals surface area contributed by atoms with E-state index < -0.39 is 15.8 Å². The molecule has 0 aliphatic carbocycles. The number of thiophene rings is 1. The van der Waals surface area contributed by atoms with Crippen molar-refractivity contribution in [3.05, 3.63) is 52.5 Å². The van der Waals surface area contributed by atoms with Gasteiger partial charge in [0.2, 0.25) is 15.9 Å². The molecule has 2 aliphatic heterocycles. The average Bonchev–Trinajstić information content (AvgIpc) is 3.39. The number of hydrogen-bond donors (Lipinski definition) is 0. The Bertz CT molecular complexity index is 938. The van der Waals surface area contributed by atoms with Crippen molar-refractivity contribution in [3.8, 4) is 0 Å². The maximum absolute atomic E-state index is 14.0. The van der Waals surface area contributed by atoms with E-state index in [2.05, 4.69) is 6.07 Å². The van der Waals surface area contributed by atoms with Gasteiger partial charge < -0.3 is 4.90 Å². The van der Waals surface area contributed by atoms with Crippen molar-refractivity contribution in [2.45, 2.75) is 36.6 Å². The van der Waals surface area contributed by atoms with Crippen LogP contribution in [0.15, 0.2) is 46.7 Å². The van der Waals surface area contributed by atoms with Gasteiger partial charge >= 0.3 is 0 Å². The van der Waals surface area contributed by atoms with Crippen molar-refractivity contribution in [1.29, 1.82) is 0 Å². The third-order valence-corrected chi connectivity index (χ3v) is 8.57. The minimum absolute atomic E-state index is 0.124. The zero-order valence-electron chi connectivity index (χ0n) is 15.5. The number of rotatable bonds is 4. The number of amides is 1. The van der Waals surface area contributed by atoms with Crippen LogP contribution in [0, 0.1) is 11.7 Å². The van der Waals surface area contributed by atoms with Crippen LogP contribution in [0.2, 0.25) is 0 Å². The number of halogens is 1. The Morgan fingerprint density at radius 2 is 1.79 bits per heavy atom. The van der Waals surface area contributed by atoms with Gasteiger partial charge in [-0.25, -0.2) is 12.8 Å². The van der Waals surface area contributed by atoms with Crippen molar-refractivity contribution in [3.63, 3.8) is 0 Å².